The molecule has 3 heterocycles. The Morgan fingerprint density at radius 2 is 1.93 bits per heavy atom. The molecule has 4 rings (SSSR count). The third kappa shape index (κ3) is 4.64. The molecule has 6 heteroatoms. The van der Waals surface area contributed by atoms with E-state index < -0.39 is 0 Å². The summed E-state index contributed by atoms with van der Waals surface area (Å²) in [6, 6.07) is 6.24. The molecule has 0 saturated carbocycles. The van der Waals surface area contributed by atoms with E-state index in [1.165, 1.54) is 12.0 Å². The van der Waals surface area contributed by atoms with E-state index in [1.807, 2.05) is 15.9 Å². The molecule has 1 aromatic rings. The van der Waals surface area contributed by atoms with Crippen molar-refractivity contribution in [2.24, 2.45) is 5.92 Å². The number of hydrogen-bond donors (Lipinski definition) is 0. The van der Waals surface area contributed by atoms with E-state index in [9.17, 15) is 9.59 Å². The highest BCUT2D eigenvalue weighted by Crippen LogP contribution is 2.36. The van der Waals surface area contributed by atoms with Crippen LogP contribution in [0.2, 0.25) is 0 Å². The van der Waals surface area contributed by atoms with Gasteiger partial charge >= 0.3 is 0 Å². The number of aryl methyl sites for hydroxylation is 1. The van der Waals surface area contributed by atoms with Gasteiger partial charge in [-0.3, -0.25) is 14.5 Å². The zero-order chi connectivity index (χ0) is 21.3. The SMILES string of the molecule is CC(=O)N1Cc2cc(C)ccc2OC2(CCN(CC(=O)N3CCCC(C)C3)CC2)C1. The number of benzene rings is 1. The Kier molecular flexibility index (Phi) is 6.05. The van der Waals surface area contributed by atoms with Crippen molar-refractivity contribution >= 4 is 11.8 Å². The summed E-state index contributed by atoms with van der Waals surface area (Å²) in [5.74, 6) is 1.85. The predicted molar refractivity (Wildman–Crippen MR) is 116 cm³/mol. The lowest BCUT2D eigenvalue weighted by atomic mass is 9.90. The zero-order valence-electron chi connectivity index (χ0n) is 18.7. The van der Waals surface area contributed by atoms with Gasteiger partial charge < -0.3 is 14.5 Å². The highest BCUT2D eigenvalue weighted by molar-refractivity contribution is 5.78. The normalized spacial score (nSPS) is 24.2. The molecule has 2 fully saturated rings. The molecule has 1 spiro atoms. The number of likely N-dealkylation sites (tertiary alicyclic amines) is 2. The molecule has 3 aliphatic heterocycles. The number of rotatable bonds is 2. The quantitative estimate of drug-likeness (QED) is 0.748. The van der Waals surface area contributed by atoms with Crippen LogP contribution in [0.5, 0.6) is 5.75 Å². The summed E-state index contributed by atoms with van der Waals surface area (Å²) in [7, 11) is 0. The highest BCUT2D eigenvalue weighted by Gasteiger charge is 2.42. The third-order valence-electron chi connectivity index (χ3n) is 6.96. The van der Waals surface area contributed by atoms with E-state index in [-0.39, 0.29) is 17.4 Å². The van der Waals surface area contributed by atoms with Crippen LogP contribution >= 0.6 is 0 Å². The molecule has 6 nitrogen and oxygen atoms in total. The Labute approximate surface area is 180 Å². The Bertz CT molecular complexity index is 801. The Hall–Kier alpha value is -2.08. The minimum Gasteiger partial charge on any atom is -0.485 e. The summed E-state index contributed by atoms with van der Waals surface area (Å²) in [5, 5.41) is 0. The van der Waals surface area contributed by atoms with Crippen molar-refractivity contribution in [3.63, 3.8) is 0 Å². The molecule has 1 unspecified atom stereocenters. The summed E-state index contributed by atoms with van der Waals surface area (Å²) >= 11 is 0. The maximum atomic E-state index is 12.8. The Morgan fingerprint density at radius 3 is 2.63 bits per heavy atom. The largest absolute Gasteiger partial charge is 0.485 e. The summed E-state index contributed by atoms with van der Waals surface area (Å²) in [5.41, 5.74) is 1.89. The van der Waals surface area contributed by atoms with Crippen LogP contribution in [-0.4, -0.2) is 71.4 Å². The maximum absolute atomic E-state index is 12.8. The number of hydrogen-bond acceptors (Lipinski definition) is 4. The van der Waals surface area contributed by atoms with Crippen molar-refractivity contribution in [1.82, 2.24) is 14.7 Å². The van der Waals surface area contributed by atoms with E-state index in [0.29, 0.717) is 25.6 Å². The molecule has 0 aliphatic carbocycles. The molecule has 164 valence electrons. The monoisotopic (exact) mass is 413 g/mol. The van der Waals surface area contributed by atoms with Crippen LogP contribution in [0.1, 0.15) is 50.7 Å². The van der Waals surface area contributed by atoms with Crippen molar-refractivity contribution in [3.8, 4) is 5.75 Å². The van der Waals surface area contributed by atoms with Gasteiger partial charge in [0.2, 0.25) is 11.8 Å². The second-order valence-corrected chi connectivity index (χ2v) is 9.63. The van der Waals surface area contributed by atoms with Crippen molar-refractivity contribution < 1.29 is 14.3 Å². The highest BCUT2D eigenvalue weighted by atomic mass is 16.5. The van der Waals surface area contributed by atoms with E-state index in [0.717, 1.165) is 56.8 Å². The van der Waals surface area contributed by atoms with Gasteiger partial charge in [0.25, 0.3) is 0 Å². The fraction of sp³-hybridized carbons (Fsp3) is 0.667. The van der Waals surface area contributed by atoms with Crippen molar-refractivity contribution in [2.75, 3.05) is 39.3 Å². The zero-order valence-corrected chi connectivity index (χ0v) is 18.7. The van der Waals surface area contributed by atoms with Crippen LogP contribution in [0.4, 0.5) is 0 Å². The van der Waals surface area contributed by atoms with Gasteiger partial charge in [0, 0.05) is 58.1 Å². The Balaban J connectivity index is 1.42. The number of amides is 2. The second kappa shape index (κ2) is 8.58. The van der Waals surface area contributed by atoms with E-state index >= 15 is 0 Å². The average Bonchev–Trinajstić information content (AvgIpc) is 2.86. The van der Waals surface area contributed by atoms with Crippen LogP contribution in [0, 0.1) is 12.8 Å². The molecule has 1 atom stereocenters. The summed E-state index contributed by atoms with van der Waals surface area (Å²) < 4.78 is 6.59. The molecule has 2 saturated heterocycles. The fourth-order valence-electron chi connectivity index (χ4n) is 5.11. The average molecular weight is 414 g/mol. The van der Waals surface area contributed by atoms with Crippen LogP contribution < -0.4 is 4.74 Å². The van der Waals surface area contributed by atoms with Crippen LogP contribution in [0.15, 0.2) is 18.2 Å². The standard InChI is InChI=1S/C24H35N3O3/c1-18-6-7-22-21(13-18)15-27(20(3)28)17-24(30-22)8-11-25(12-9-24)16-23(29)26-10-4-5-19(2)14-26/h6-7,13,19H,4-5,8-12,14-17H2,1-3H3. The van der Waals surface area contributed by atoms with Gasteiger partial charge in [-0.2, -0.15) is 0 Å². The number of carbonyl (C=O) groups is 2. The van der Waals surface area contributed by atoms with Gasteiger partial charge in [-0.1, -0.05) is 24.6 Å². The molecule has 0 aromatic heterocycles. The lowest BCUT2D eigenvalue weighted by Crippen LogP contribution is -2.55. The van der Waals surface area contributed by atoms with Gasteiger partial charge in [0.05, 0.1) is 13.1 Å². The maximum Gasteiger partial charge on any atom is 0.236 e. The van der Waals surface area contributed by atoms with E-state index in [2.05, 4.69) is 30.9 Å². The molecule has 0 N–H and O–H groups in total. The lowest BCUT2D eigenvalue weighted by Gasteiger charge is -2.43. The number of fused-ring (bicyclic) bond motifs is 1. The smallest absolute Gasteiger partial charge is 0.236 e. The molecule has 0 bridgehead atoms. The van der Waals surface area contributed by atoms with Crippen LogP contribution in [-0.2, 0) is 16.1 Å². The molecule has 3 aliphatic rings. The van der Waals surface area contributed by atoms with Crippen molar-refractivity contribution in [1.29, 1.82) is 0 Å². The van der Waals surface area contributed by atoms with Crippen LogP contribution in [0.3, 0.4) is 0 Å². The molecular weight excluding hydrogens is 378 g/mol. The first-order chi connectivity index (χ1) is 14.3. The van der Waals surface area contributed by atoms with Crippen molar-refractivity contribution in [2.45, 2.75) is 58.6 Å². The molecule has 0 radical (unpaired) electrons. The molecular formula is C24H35N3O3. The lowest BCUT2D eigenvalue weighted by molar-refractivity contribution is -0.135. The first kappa shape index (κ1) is 21.2. The third-order valence-corrected chi connectivity index (χ3v) is 6.96. The van der Waals surface area contributed by atoms with Crippen molar-refractivity contribution in [3.05, 3.63) is 29.3 Å². The number of piperidine rings is 2. The minimum absolute atomic E-state index is 0.0872. The molecule has 30 heavy (non-hydrogen) atoms. The summed E-state index contributed by atoms with van der Waals surface area (Å²) in [6.07, 6.45) is 3.99. The van der Waals surface area contributed by atoms with E-state index in [4.69, 9.17) is 4.74 Å². The first-order valence-corrected chi connectivity index (χ1v) is 11.4. The molecule has 2 amide bonds. The fourth-order valence-corrected chi connectivity index (χ4v) is 5.11. The van der Waals surface area contributed by atoms with Gasteiger partial charge in [0.1, 0.15) is 11.4 Å². The van der Waals surface area contributed by atoms with Gasteiger partial charge in [0.15, 0.2) is 0 Å². The van der Waals surface area contributed by atoms with Gasteiger partial charge in [-0.15, -0.1) is 0 Å². The predicted octanol–water partition coefficient (Wildman–Crippen LogP) is 2.83. The summed E-state index contributed by atoms with van der Waals surface area (Å²) in [4.78, 5) is 31.3. The first-order valence-electron chi connectivity index (χ1n) is 11.4. The number of nitrogens with zero attached hydrogens (tertiary/aromatic N) is 3. The summed E-state index contributed by atoms with van der Waals surface area (Å²) in [6.45, 7) is 11.1. The van der Waals surface area contributed by atoms with Crippen LogP contribution in [0.25, 0.3) is 0 Å². The number of carbonyl (C=O) groups excluding carboxylic acids is 2. The van der Waals surface area contributed by atoms with E-state index in [1.54, 1.807) is 6.92 Å². The minimum atomic E-state index is -0.370. The Morgan fingerprint density at radius 1 is 1.17 bits per heavy atom. The number of ether oxygens (including phenoxy) is 1. The topological polar surface area (TPSA) is 53.1 Å². The van der Waals surface area contributed by atoms with Gasteiger partial charge in [-0.25, -0.2) is 0 Å². The molecule has 1 aromatic carbocycles. The second-order valence-electron chi connectivity index (χ2n) is 9.63. The van der Waals surface area contributed by atoms with Gasteiger partial charge in [-0.05, 0) is 31.7 Å².